The van der Waals surface area contributed by atoms with E-state index in [-0.39, 0.29) is 19.8 Å². The predicted molar refractivity (Wildman–Crippen MR) is 144 cm³/mol. The molecular formula is C24H23Cl2N5O4S2. The van der Waals surface area contributed by atoms with Crippen molar-refractivity contribution >= 4 is 61.8 Å². The van der Waals surface area contributed by atoms with Crippen molar-refractivity contribution < 1.29 is 18.3 Å². The highest BCUT2D eigenvalue weighted by molar-refractivity contribution is 7.91. The molecule has 0 aliphatic heterocycles. The molecule has 0 atom stereocenters. The van der Waals surface area contributed by atoms with Gasteiger partial charge in [0.1, 0.15) is 14.1 Å². The molecule has 13 heteroatoms. The monoisotopic (exact) mass is 579 g/mol. The maximum Gasteiger partial charge on any atom is 0.261 e. The van der Waals surface area contributed by atoms with Crippen molar-refractivity contribution in [1.82, 2.24) is 19.3 Å². The van der Waals surface area contributed by atoms with E-state index in [2.05, 4.69) is 15.1 Å². The first-order chi connectivity index (χ1) is 17.5. The number of aliphatic hydroxyl groups excluding tert-OH is 1. The minimum absolute atomic E-state index is 0.0895. The van der Waals surface area contributed by atoms with Gasteiger partial charge in [-0.1, -0.05) is 35.3 Å². The van der Waals surface area contributed by atoms with Gasteiger partial charge in [0, 0.05) is 22.2 Å². The van der Waals surface area contributed by atoms with Gasteiger partial charge in [0.05, 0.1) is 29.7 Å². The Morgan fingerprint density at radius 3 is 2.57 bits per heavy atom. The molecule has 3 aromatic heterocycles. The van der Waals surface area contributed by atoms with Crippen LogP contribution >= 0.6 is 34.5 Å². The summed E-state index contributed by atoms with van der Waals surface area (Å²) in [6.07, 6.45) is 3.51. The molecule has 3 N–H and O–H groups in total. The molecule has 0 radical (unpaired) electrons. The van der Waals surface area contributed by atoms with Gasteiger partial charge in [-0.25, -0.2) is 22.6 Å². The number of carbonyl (C=O) groups excluding carboxylic acids is 1. The van der Waals surface area contributed by atoms with E-state index in [1.807, 2.05) is 18.2 Å². The van der Waals surface area contributed by atoms with Crippen LogP contribution in [-0.4, -0.2) is 46.2 Å². The first-order valence-electron chi connectivity index (χ1n) is 11.4. The molecule has 5 rings (SSSR count). The summed E-state index contributed by atoms with van der Waals surface area (Å²) in [5.74, 6) is -0.188. The Hall–Kier alpha value is -2.54. The lowest BCUT2D eigenvalue weighted by Gasteiger charge is -2.22. The van der Waals surface area contributed by atoms with E-state index >= 15 is 0 Å². The van der Waals surface area contributed by atoms with Crippen molar-refractivity contribution in [2.24, 2.45) is 0 Å². The number of thiophene rings is 1. The normalized spacial score (nSPS) is 14.3. The Labute approximate surface area is 227 Å². The van der Waals surface area contributed by atoms with Gasteiger partial charge in [-0.3, -0.25) is 4.79 Å². The third kappa shape index (κ3) is 5.38. The molecule has 1 aliphatic carbocycles. The number of hydrogen-bond donors (Lipinski definition) is 3. The standard InChI is InChI=1S/C24H23Cl2N5O4S2/c1-24(2,12-32)30-37(34,35)20-10-18(21(26)36-20)29-23(33)16-11-27-31-19(14-3-4-14)9-17(28-22(16)31)13-5-7-15(25)8-6-13/h5-11,14,30,32H,3-4,12H2,1-2H3,(H,29,33). The summed E-state index contributed by atoms with van der Waals surface area (Å²) in [7, 11) is -3.97. The van der Waals surface area contributed by atoms with Crippen molar-refractivity contribution in [3.63, 3.8) is 0 Å². The lowest BCUT2D eigenvalue weighted by molar-refractivity contribution is 0.102. The minimum Gasteiger partial charge on any atom is -0.394 e. The van der Waals surface area contributed by atoms with Crippen LogP contribution in [0.4, 0.5) is 5.69 Å². The van der Waals surface area contributed by atoms with Gasteiger partial charge in [-0.15, -0.1) is 11.3 Å². The summed E-state index contributed by atoms with van der Waals surface area (Å²) in [6.45, 7) is 2.71. The molecule has 0 bridgehead atoms. The van der Waals surface area contributed by atoms with Crippen LogP contribution in [0.25, 0.3) is 16.9 Å². The molecule has 9 nitrogen and oxygen atoms in total. The number of fused-ring (bicyclic) bond motifs is 1. The van der Waals surface area contributed by atoms with Gasteiger partial charge in [-0.2, -0.15) is 5.10 Å². The molecule has 4 aromatic rings. The van der Waals surface area contributed by atoms with Crippen LogP contribution in [0.1, 0.15) is 48.7 Å². The molecule has 37 heavy (non-hydrogen) atoms. The van der Waals surface area contributed by atoms with Gasteiger partial charge in [-0.05, 0) is 51.0 Å². The van der Waals surface area contributed by atoms with Crippen molar-refractivity contribution in [3.8, 4) is 11.3 Å². The number of nitrogens with one attached hydrogen (secondary N) is 2. The Morgan fingerprint density at radius 1 is 1.22 bits per heavy atom. The zero-order chi connectivity index (χ0) is 26.5. The third-order valence-electron chi connectivity index (χ3n) is 5.86. The number of amides is 1. The fourth-order valence-corrected chi connectivity index (χ4v) is 6.95. The van der Waals surface area contributed by atoms with Crippen LogP contribution in [0.3, 0.4) is 0 Å². The van der Waals surface area contributed by atoms with E-state index in [0.717, 1.165) is 35.4 Å². The number of aliphatic hydroxyl groups is 1. The SMILES string of the molecule is CC(C)(CO)NS(=O)(=O)c1cc(NC(=O)c2cnn3c(C4CC4)cc(-c4ccc(Cl)cc4)nc23)c(Cl)s1. The highest BCUT2D eigenvalue weighted by Crippen LogP contribution is 2.41. The van der Waals surface area contributed by atoms with Crippen LogP contribution in [0.5, 0.6) is 0 Å². The largest absolute Gasteiger partial charge is 0.394 e. The number of halogens is 2. The Kier molecular flexibility index (Phi) is 6.80. The van der Waals surface area contributed by atoms with E-state index < -0.39 is 28.1 Å². The average molecular weight is 581 g/mol. The summed E-state index contributed by atoms with van der Waals surface area (Å²) in [5.41, 5.74) is 2.21. The van der Waals surface area contributed by atoms with Crippen LogP contribution in [-0.2, 0) is 10.0 Å². The first-order valence-corrected chi connectivity index (χ1v) is 14.4. The maximum absolute atomic E-state index is 13.3. The predicted octanol–water partition coefficient (Wildman–Crippen LogP) is 4.94. The number of rotatable bonds is 8. The zero-order valence-electron chi connectivity index (χ0n) is 19.8. The van der Waals surface area contributed by atoms with E-state index in [4.69, 9.17) is 28.2 Å². The van der Waals surface area contributed by atoms with Crippen LogP contribution in [0.15, 0.2) is 46.8 Å². The quantitative estimate of drug-likeness (QED) is 0.271. The number of carbonyl (C=O) groups is 1. The molecule has 194 valence electrons. The summed E-state index contributed by atoms with van der Waals surface area (Å²) in [5, 5.41) is 17.1. The van der Waals surface area contributed by atoms with Crippen molar-refractivity contribution in [2.75, 3.05) is 11.9 Å². The fourth-order valence-electron chi connectivity index (χ4n) is 3.79. The molecule has 0 spiro atoms. The van der Waals surface area contributed by atoms with Crippen LogP contribution < -0.4 is 10.0 Å². The van der Waals surface area contributed by atoms with Crippen molar-refractivity contribution in [2.45, 2.75) is 42.4 Å². The van der Waals surface area contributed by atoms with Gasteiger partial charge in [0.15, 0.2) is 5.65 Å². The Balaban J connectivity index is 1.48. The molecule has 1 aliphatic rings. The van der Waals surface area contributed by atoms with Gasteiger partial charge in [0.25, 0.3) is 15.9 Å². The number of sulfonamides is 1. The Bertz CT molecular complexity index is 1610. The second-order valence-electron chi connectivity index (χ2n) is 9.50. The molecule has 1 aromatic carbocycles. The second kappa shape index (κ2) is 9.64. The van der Waals surface area contributed by atoms with Crippen molar-refractivity contribution in [3.05, 3.63) is 63.2 Å². The fraction of sp³-hybridized carbons (Fsp3) is 0.292. The second-order valence-corrected chi connectivity index (χ2v) is 13.5. The van der Waals surface area contributed by atoms with Gasteiger partial charge < -0.3 is 10.4 Å². The minimum atomic E-state index is -3.97. The summed E-state index contributed by atoms with van der Waals surface area (Å²) < 4.78 is 29.6. The van der Waals surface area contributed by atoms with E-state index in [0.29, 0.717) is 22.3 Å². The topological polar surface area (TPSA) is 126 Å². The highest BCUT2D eigenvalue weighted by Gasteiger charge is 2.30. The molecular weight excluding hydrogens is 557 g/mol. The summed E-state index contributed by atoms with van der Waals surface area (Å²) in [6, 6.07) is 10.6. The number of aromatic nitrogens is 3. The highest BCUT2D eigenvalue weighted by atomic mass is 35.5. The maximum atomic E-state index is 13.3. The number of nitrogens with zero attached hydrogens (tertiary/aromatic N) is 3. The number of benzene rings is 1. The molecule has 1 saturated carbocycles. The summed E-state index contributed by atoms with van der Waals surface area (Å²) >= 11 is 13.1. The lowest BCUT2D eigenvalue weighted by atomic mass is 10.1. The number of anilines is 1. The molecule has 3 heterocycles. The zero-order valence-corrected chi connectivity index (χ0v) is 23.0. The Morgan fingerprint density at radius 2 is 1.92 bits per heavy atom. The van der Waals surface area contributed by atoms with Crippen LogP contribution in [0, 0.1) is 0 Å². The lowest BCUT2D eigenvalue weighted by Crippen LogP contribution is -2.45. The molecule has 0 saturated heterocycles. The van der Waals surface area contributed by atoms with Crippen molar-refractivity contribution in [1.29, 1.82) is 0 Å². The first kappa shape index (κ1) is 26.1. The van der Waals surface area contributed by atoms with E-state index in [9.17, 15) is 18.3 Å². The number of hydrogen-bond acceptors (Lipinski definition) is 7. The molecule has 1 fully saturated rings. The third-order valence-corrected chi connectivity index (χ3v) is 9.65. The molecule has 1 amide bonds. The van der Waals surface area contributed by atoms with Gasteiger partial charge in [0.2, 0.25) is 0 Å². The van der Waals surface area contributed by atoms with E-state index in [1.165, 1.54) is 12.3 Å². The van der Waals surface area contributed by atoms with Crippen LogP contribution in [0.2, 0.25) is 9.36 Å². The average Bonchev–Trinajstić information content (AvgIpc) is 3.49. The smallest absolute Gasteiger partial charge is 0.261 e. The summed E-state index contributed by atoms with van der Waals surface area (Å²) in [4.78, 5) is 18.0. The van der Waals surface area contributed by atoms with Gasteiger partial charge >= 0.3 is 0 Å². The molecule has 0 unspecified atom stereocenters. The van der Waals surface area contributed by atoms with E-state index in [1.54, 1.807) is 30.5 Å².